The predicted octanol–water partition coefficient (Wildman–Crippen LogP) is 2.88. The highest BCUT2D eigenvalue weighted by molar-refractivity contribution is 5.93. The van der Waals surface area contributed by atoms with Crippen LogP contribution in [0.3, 0.4) is 0 Å². The number of aromatic nitrogens is 1. The van der Waals surface area contributed by atoms with Crippen LogP contribution in [0.25, 0.3) is 0 Å². The molecule has 4 aliphatic carbocycles. The Hall–Kier alpha value is -1.62. The Labute approximate surface area is 155 Å². The van der Waals surface area contributed by atoms with Gasteiger partial charge in [-0.1, -0.05) is 13.8 Å². The lowest BCUT2D eigenvalue weighted by Gasteiger charge is -2.65. The largest absolute Gasteiger partial charge is 0.373 e. The average Bonchev–Trinajstić information content (AvgIpc) is 2.50. The van der Waals surface area contributed by atoms with Gasteiger partial charge in [-0.3, -0.25) is 9.59 Å². The van der Waals surface area contributed by atoms with E-state index in [0.29, 0.717) is 29.5 Å². The van der Waals surface area contributed by atoms with E-state index in [9.17, 15) is 9.59 Å². The fourth-order valence-electron chi connectivity index (χ4n) is 6.77. The molecular formula is C21H30N2O3. The van der Waals surface area contributed by atoms with Gasteiger partial charge in [0.1, 0.15) is 0 Å². The zero-order chi connectivity index (χ0) is 18.6. The van der Waals surface area contributed by atoms with Gasteiger partial charge in [0.15, 0.2) is 0 Å². The molecule has 1 N–H and O–H groups in total. The number of pyridine rings is 1. The number of aryl methyl sites for hydroxylation is 1. The molecular weight excluding hydrogens is 328 g/mol. The first kappa shape index (κ1) is 17.8. The van der Waals surface area contributed by atoms with E-state index < -0.39 is 0 Å². The summed E-state index contributed by atoms with van der Waals surface area (Å²) in [5.74, 6) is 0.648. The summed E-state index contributed by atoms with van der Waals surface area (Å²) in [6.45, 7) is 5.93. The Bertz CT molecular complexity index is 766. The normalized spacial score (nSPS) is 37.7. The van der Waals surface area contributed by atoms with Crippen LogP contribution in [0.1, 0.15) is 62.7 Å². The van der Waals surface area contributed by atoms with Gasteiger partial charge in [0, 0.05) is 25.9 Å². The van der Waals surface area contributed by atoms with Crippen molar-refractivity contribution in [2.75, 3.05) is 13.2 Å². The van der Waals surface area contributed by atoms with Crippen molar-refractivity contribution < 1.29 is 9.53 Å². The summed E-state index contributed by atoms with van der Waals surface area (Å²) >= 11 is 0. The Morgan fingerprint density at radius 2 is 1.88 bits per heavy atom. The minimum Gasteiger partial charge on any atom is -0.373 e. The number of amides is 1. The molecule has 1 heterocycles. The maximum Gasteiger partial charge on any atom is 0.252 e. The van der Waals surface area contributed by atoms with E-state index in [0.717, 1.165) is 5.92 Å². The first-order valence-electron chi connectivity index (χ1n) is 9.79. The third-order valence-corrected chi connectivity index (χ3v) is 6.72. The minimum atomic E-state index is -0.159. The molecule has 4 fully saturated rings. The van der Waals surface area contributed by atoms with Crippen LogP contribution >= 0.6 is 0 Å². The van der Waals surface area contributed by atoms with E-state index in [-0.39, 0.29) is 17.1 Å². The molecule has 4 atom stereocenters. The molecule has 0 spiro atoms. The van der Waals surface area contributed by atoms with Crippen LogP contribution in [0.4, 0.5) is 0 Å². The molecule has 0 aromatic carbocycles. The number of nitrogens with zero attached hydrogens (tertiary/aromatic N) is 1. The highest BCUT2D eigenvalue weighted by atomic mass is 16.5. The molecule has 5 nitrogen and oxygen atoms in total. The standard InChI is InChI=1S/C21H30N2O3/c1-19-8-15-9-20(2,12-19)14-21(10-15,13-19)26-7-6-22-18(25)16-4-5-17(24)23(3)11-16/h4-5,11,15H,6-10,12-14H2,1-3H3,(H,22,25)/t15?,19-,20+,21?. The molecule has 1 amide bonds. The van der Waals surface area contributed by atoms with E-state index in [1.54, 1.807) is 19.3 Å². The second-order valence-electron chi connectivity index (χ2n) is 9.78. The van der Waals surface area contributed by atoms with Crippen molar-refractivity contribution >= 4 is 5.91 Å². The van der Waals surface area contributed by atoms with Crippen LogP contribution in [-0.2, 0) is 11.8 Å². The van der Waals surface area contributed by atoms with E-state index in [1.165, 1.54) is 49.2 Å². The lowest BCUT2D eigenvalue weighted by molar-refractivity contribution is -0.213. The Morgan fingerprint density at radius 1 is 1.19 bits per heavy atom. The third kappa shape index (κ3) is 3.22. The van der Waals surface area contributed by atoms with Gasteiger partial charge in [-0.2, -0.15) is 0 Å². The van der Waals surface area contributed by atoms with Gasteiger partial charge in [-0.15, -0.1) is 0 Å². The van der Waals surface area contributed by atoms with Crippen LogP contribution in [-0.4, -0.2) is 29.2 Å². The first-order chi connectivity index (χ1) is 12.2. The van der Waals surface area contributed by atoms with Crippen LogP contribution in [0, 0.1) is 16.7 Å². The zero-order valence-electron chi connectivity index (χ0n) is 16.1. The number of ether oxygens (including phenoxy) is 1. The maximum atomic E-state index is 12.3. The molecule has 26 heavy (non-hydrogen) atoms. The van der Waals surface area contributed by atoms with Gasteiger partial charge in [0.2, 0.25) is 5.56 Å². The minimum absolute atomic E-state index is 0.0181. The summed E-state index contributed by atoms with van der Waals surface area (Å²) in [4.78, 5) is 23.7. The fraction of sp³-hybridized carbons (Fsp3) is 0.714. The molecule has 0 radical (unpaired) electrons. The number of hydrogen-bond acceptors (Lipinski definition) is 3. The summed E-state index contributed by atoms with van der Waals surface area (Å²) < 4.78 is 7.85. The van der Waals surface area contributed by atoms with Crippen LogP contribution in [0.15, 0.2) is 23.1 Å². The fourth-order valence-corrected chi connectivity index (χ4v) is 6.77. The molecule has 0 aliphatic heterocycles. The molecule has 2 unspecified atom stereocenters. The van der Waals surface area contributed by atoms with E-state index in [4.69, 9.17) is 4.74 Å². The topological polar surface area (TPSA) is 60.3 Å². The van der Waals surface area contributed by atoms with Crippen molar-refractivity contribution in [1.29, 1.82) is 0 Å². The van der Waals surface area contributed by atoms with Crippen LogP contribution in [0.2, 0.25) is 0 Å². The number of rotatable bonds is 5. The highest BCUT2D eigenvalue weighted by Crippen LogP contribution is 2.67. The highest BCUT2D eigenvalue weighted by Gasteiger charge is 2.60. The molecule has 4 bridgehead atoms. The summed E-state index contributed by atoms with van der Waals surface area (Å²) in [6.07, 6.45) is 9.15. The van der Waals surface area contributed by atoms with Gasteiger partial charge in [-0.05, 0) is 61.3 Å². The number of carbonyl (C=O) groups excluding carboxylic acids is 1. The number of hydrogen-bond donors (Lipinski definition) is 1. The SMILES string of the molecule is Cn1cc(C(=O)NCCOC23CC4C[C@@](C)(C2)C[C@](C)(C4)C3)ccc1=O. The number of carbonyl (C=O) groups is 1. The quantitative estimate of drug-likeness (QED) is 0.824. The Morgan fingerprint density at radius 3 is 2.50 bits per heavy atom. The number of nitrogens with one attached hydrogen (secondary N) is 1. The lowest BCUT2D eigenvalue weighted by atomic mass is 9.43. The predicted molar refractivity (Wildman–Crippen MR) is 100 cm³/mol. The third-order valence-electron chi connectivity index (χ3n) is 6.72. The summed E-state index contributed by atoms with van der Waals surface area (Å²) in [7, 11) is 1.65. The van der Waals surface area contributed by atoms with Crippen molar-refractivity contribution in [3.63, 3.8) is 0 Å². The van der Waals surface area contributed by atoms with Gasteiger partial charge in [-0.25, -0.2) is 0 Å². The Balaban J connectivity index is 1.33. The molecule has 1 aromatic heterocycles. The van der Waals surface area contributed by atoms with Crippen molar-refractivity contribution in [2.45, 2.75) is 58.0 Å². The second kappa shape index (κ2) is 5.95. The van der Waals surface area contributed by atoms with Crippen molar-refractivity contribution in [2.24, 2.45) is 23.8 Å². The molecule has 4 saturated carbocycles. The summed E-state index contributed by atoms with van der Waals surface area (Å²) in [5.41, 5.74) is 1.28. The van der Waals surface area contributed by atoms with E-state index in [2.05, 4.69) is 19.2 Å². The van der Waals surface area contributed by atoms with Crippen LogP contribution < -0.4 is 10.9 Å². The Kier molecular flexibility index (Phi) is 4.07. The molecule has 142 valence electrons. The van der Waals surface area contributed by atoms with Gasteiger partial charge >= 0.3 is 0 Å². The van der Waals surface area contributed by atoms with E-state index in [1.807, 2.05) is 0 Å². The lowest BCUT2D eigenvalue weighted by Crippen LogP contribution is -2.59. The van der Waals surface area contributed by atoms with E-state index >= 15 is 0 Å². The molecule has 5 heteroatoms. The van der Waals surface area contributed by atoms with Crippen LogP contribution in [0.5, 0.6) is 0 Å². The maximum absolute atomic E-state index is 12.3. The first-order valence-corrected chi connectivity index (χ1v) is 9.79. The monoisotopic (exact) mass is 358 g/mol. The zero-order valence-corrected chi connectivity index (χ0v) is 16.1. The summed E-state index contributed by atoms with van der Waals surface area (Å²) in [5, 5.41) is 2.92. The van der Waals surface area contributed by atoms with Crippen molar-refractivity contribution in [3.8, 4) is 0 Å². The molecule has 1 aromatic rings. The smallest absolute Gasteiger partial charge is 0.252 e. The average molecular weight is 358 g/mol. The summed E-state index contributed by atoms with van der Waals surface area (Å²) in [6, 6.07) is 2.99. The molecule has 5 rings (SSSR count). The second-order valence-corrected chi connectivity index (χ2v) is 9.78. The molecule has 0 saturated heterocycles. The molecule has 4 aliphatic rings. The van der Waals surface area contributed by atoms with Gasteiger partial charge < -0.3 is 14.6 Å². The van der Waals surface area contributed by atoms with Crippen molar-refractivity contribution in [3.05, 3.63) is 34.2 Å². The van der Waals surface area contributed by atoms with Gasteiger partial charge in [0.25, 0.3) is 5.91 Å². The van der Waals surface area contributed by atoms with Gasteiger partial charge in [0.05, 0.1) is 17.8 Å². The van der Waals surface area contributed by atoms with Crippen molar-refractivity contribution in [1.82, 2.24) is 9.88 Å².